The van der Waals surface area contributed by atoms with Gasteiger partial charge in [0.2, 0.25) is 0 Å². The van der Waals surface area contributed by atoms with Gasteiger partial charge in [0.05, 0.1) is 0 Å². The van der Waals surface area contributed by atoms with Gasteiger partial charge in [0.25, 0.3) is 5.91 Å². The summed E-state index contributed by atoms with van der Waals surface area (Å²) in [4.78, 5) is 17.9. The summed E-state index contributed by atoms with van der Waals surface area (Å²) in [5.74, 6) is 2.21. The minimum absolute atomic E-state index is 0.0260. The van der Waals surface area contributed by atoms with Crippen LogP contribution in [0.5, 0.6) is 0 Å². The van der Waals surface area contributed by atoms with Gasteiger partial charge in [-0.1, -0.05) is 55.8 Å². The number of allylic oxidation sites excluding steroid dienone is 1. The zero-order valence-electron chi connectivity index (χ0n) is 21.3. The number of rotatable bonds is 7. The molecule has 6 rings (SSSR count). The Bertz CT molecular complexity index is 1030. The molecule has 4 aliphatic rings. The molecule has 1 aliphatic heterocycles. The number of hydrogen-bond acceptors (Lipinski definition) is 3. The highest BCUT2D eigenvalue weighted by atomic mass is 16.2. The van der Waals surface area contributed by atoms with Crippen LogP contribution in [0, 0.1) is 23.2 Å². The van der Waals surface area contributed by atoms with E-state index in [1.54, 1.807) is 10.3 Å². The minimum atomic E-state index is 0.0260. The van der Waals surface area contributed by atoms with E-state index in [1.807, 2.05) is 31.3 Å². The van der Waals surface area contributed by atoms with Gasteiger partial charge in [-0.25, -0.2) is 0 Å². The largest absolute Gasteiger partial charge is 0.337 e. The number of piperidine rings is 1. The monoisotopic (exact) mass is 460 g/mol. The van der Waals surface area contributed by atoms with E-state index in [0.717, 1.165) is 50.7 Å². The first kappa shape index (κ1) is 23.3. The molecule has 0 radical (unpaired) electrons. The van der Waals surface area contributed by atoms with Gasteiger partial charge >= 0.3 is 0 Å². The third-order valence-corrected chi connectivity index (χ3v) is 9.20. The highest BCUT2D eigenvalue weighted by molar-refractivity contribution is 5.92. The normalized spacial score (nSPS) is 25.4. The second-order valence-electron chi connectivity index (χ2n) is 11.5. The van der Waals surface area contributed by atoms with Crippen LogP contribution < -0.4 is 0 Å². The molecule has 2 fully saturated rings. The summed E-state index contributed by atoms with van der Waals surface area (Å²) in [5, 5.41) is 4.38. The Labute approximate surface area is 204 Å². The van der Waals surface area contributed by atoms with Gasteiger partial charge in [-0.05, 0) is 80.0 Å². The zero-order valence-corrected chi connectivity index (χ0v) is 21.3. The first-order chi connectivity index (χ1) is 16.3. The number of likely N-dealkylation sites (tertiary alicyclic amines) is 1. The lowest BCUT2D eigenvalue weighted by Gasteiger charge is -2.57. The average Bonchev–Trinajstić information content (AvgIpc) is 3.29. The number of carbonyl (C=O) groups excluding carboxylic acids is 1. The van der Waals surface area contributed by atoms with Gasteiger partial charge in [0.15, 0.2) is 0 Å². The van der Waals surface area contributed by atoms with Crippen LogP contribution in [0.15, 0.2) is 54.2 Å². The SMILES string of the molecule is CN(C(=O)c1ccn(C)n1)[C@@H](Cc1ccccc1)C1CCN(CC2=CC[C@H]3C[C@@H]2C3(C)C)CC1. The average molecular weight is 461 g/mol. The molecule has 2 bridgehead atoms. The van der Waals surface area contributed by atoms with Crippen LogP contribution in [-0.4, -0.2) is 58.2 Å². The number of carbonyl (C=O) groups is 1. The maximum atomic E-state index is 13.3. The number of aromatic nitrogens is 2. The van der Waals surface area contributed by atoms with Gasteiger partial charge in [0.1, 0.15) is 5.69 Å². The molecule has 1 aromatic carbocycles. The first-order valence-corrected chi connectivity index (χ1v) is 13.0. The lowest BCUT2D eigenvalue weighted by molar-refractivity contribution is -0.0120. The van der Waals surface area contributed by atoms with E-state index in [2.05, 4.69) is 60.3 Å². The second-order valence-corrected chi connectivity index (χ2v) is 11.5. The van der Waals surface area contributed by atoms with Gasteiger partial charge in [-0.15, -0.1) is 0 Å². The Hall–Kier alpha value is -2.40. The summed E-state index contributed by atoms with van der Waals surface area (Å²) in [6.07, 6.45) is 10.2. The van der Waals surface area contributed by atoms with Crippen molar-refractivity contribution in [3.8, 4) is 0 Å². The van der Waals surface area contributed by atoms with Crippen molar-refractivity contribution >= 4 is 5.91 Å². The Morgan fingerprint density at radius 1 is 1.18 bits per heavy atom. The number of aryl methyl sites for hydroxylation is 1. The predicted octanol–water partition coefficient (Wildman–Crippen LogP) is 4.81. The molecule has 34 heavy (non-hydrogen) atoms. The lowest BCUT2D eigenvalue weighted by atomic mass is 9.49. The van der Waals surface area contributed by atoms with Gasteiger partial charge in [0, 0.05) is 32.9 Å². The van der Waals surface area contributed by atoms with E-state index in [9.17, 15) is 4.79 Å². The first-order valence-electron chi connectivity index (χ1n) is 13.0. The maximum absolute atomic E-state index is 13.3. The summed E-state index contributed by atoms with van der Waals surface area (Å²) in [6, 6.07) is 12.6. The Balaban J connectivity index is 1.25. The Morgan fingerprint density at radius 3 is 2.53 bits per heavy atom. The number of amides is 1. The van der Waals surface area contributed by atoms with Crippen molar-refractivity contribution in [3.05, 3.63) is 65.5 Å². The molecule has 0 N–H and O–H groups in total. The van der Waals surface area contributed by atoms with E-state index >= 15 is 0 Å². The summed E-state index contributed by atoms with van der Waals surface area (Å²) in [5.41, 5.74) is 4.02. The number of nitrogens with zero attached hydrogens (tertiary/aromatic N) is 4. The Morgan fingerprint density at radius 2 is 1.91 bits per heavy atom. The molecule has 182 valence electrons. The molecule has 3 aliphatic carbocycles. The van der Waals surface area contributed by atoms with Gasteiger partial charge in [-0.2, -0.15) is 5.10 Å². The van der Waals surface area contributed by atoms with Gasteiger partial charge < -0.3 is 4.90 Å². The van der Waals surface area contributed by atoms with Crippen LogP contribution in [0.2, 0.25) is 0 Å². The second kappa shape index (κ2) is 9.33. The molecule has 1 saturated carbocycles. The van der Waals surface area contributed by atoms with Crippen LogP contribution >= 0.6 is 0 Å². The molecule has 5 heteroatoms. The van der Waals surface area contributed by atoms with Crippen LogP contribution in [0.1, 0.15) is 55.6 Å². The maximum Gasteiger partial charge on any atom is 0.274 e. The third-order valence-electron chi connectivity index (χ3n) is 9.20. The fourth-order valence-corrected chi connectivity index (χ4v) is 6.75. The van der Waals surface area contributed by atoms with Gasteiger partial charge in [-0.3, -0.25) is 14.4 Å². The minimum Gasteiger partial charge on any atom is -0.337 e. The fourth-order valence-electron chi connectivity index (χ4n) is 6.75. The van der Waals surface area contributed by atoms with Crippen LogP contribution in [-0.2, 0) is 13.5 Å². The summed E-state index contributed by atoms with van der Waals surface area (Å²) in [6.45, 7) is 8.31. The summed E-state index contributed by atoms with van der Waals surface area (Å²) in [7, 11) is 3.83. The van der Waals surface area contributed by atoms with Crippen molar-refractivity contribution in [2.24, 2.45) is 30.2 Å². The number of likely N-dealkylation sites (N-methyl/N-ethyl adjacent to an activating group) is 1. The number of hydrogen-bond donors (Lipinski definition) is 0. The summed E-state index contributed by atoms with van der Waals surface area (Å²) >= 11 is 0. The molecule has 2 aromatic rings. The molecule has 0 unspecified atom stereocenters. The van der Waals surface area contributed by atoms with Crippen molar-refractivity contribution in [2.75, 3.05) is 26.7 Å². The third kappa shape index (κ3) is 4.47. The highest BCUT2D eigenvalue weighted by Gasteiger charge is 2.51. The highest BCUT2D eigenvalue weighted by Crippen LogP contribution is 2.59. The zero-order chi connectivity index (χ0) is 23.9. The Kier molecular flexibility index (Phi) is 6.41. The van der Waals surface area contributed by atoms with E-state index in [4.69, 9.17) is 0 Å². The molecule has 3 atom stereocenters. The molecule has 0 spiro atoms. The molecule has 1 aromatic heterocycles. The smallest absolute Gasteiger partial charge is 0.274 e. The molecular formula is C29H40N4O. The van der Waals surface area contributed by atoms with Crippen molar-refractivity contribution < 1.29 is 4.79 Å². The quantitative estimate of drug-likeness (QED) is 0.557. The summed E-state index contributed by atoms with van der Waals surface area (Å²) < 4.78 is 1.71. The number of benzene rings is 1. The van der Waals surface area contributed by atoms with Crippen molar-refractivity contribution in [3.63, 3.8) is 0 Å². The standard InChI is InChI=1S/C29H40N4O/c1-29(2)24-11-10-23(25(29)19-24)20-33-16-12-22(13-17-33)27(18-21-8-6-5-7-9-21)32(4)28(34)26-14-15-31(3)30-26/h5-10,14-15,22,24-25,27H,11-13,16-20H2,1-4H3/t24-,25-,27-/m0/s1. The van der Waals surface area contributed by atoms with Crippen molar-refractivity contribution in [2.45, 2.75) is 52.0 Å². The number of fused-ring (bicyclic) bond motifs is 1. The lowest BCUT2D eigenvalue weighted by Crippen LogP contribution is -2.51. The van der Waals surface area contributed by atoms with Crippen LogP contribution in [0.4, 0.5) is 0 Å². The molecular weight excluding hydrogens is 420 g/mol. The molecule has 5 nitrogen and oxygen atoms in total. The van der Waals surface area contributed by atoms with Crippen LogP contribution in [0.25, 0.3) is 0 Å². The van der Waals surface area contributed by atoms with E-state index < -0.39 is 0 Å². The van der Waals surface area contributed by atoms with E-state index in [0.29, 0.717) is 17.0 Å². The molecule has 1 amide bonds. The van der Waals surface area contributed by atoms with Crippen LogP contribution in [0.3, 0.4) is 0 Å². The van der Waals surface area contributed by atoms with Crippen molar-refractivity contribution in [1.82, 2.24) is 19.6 Å². The van der Waals surface area contributed by atoms with E-state index in [-0.39, 0.29) is 11.9 Å². The topological polar surface area (TPSA) is 41.4 Å². The fraction of sp³-hybridized carbons (Fsp3) is 0.586. The predicted molar refractivity (Wildman–Crippen MR) is 136 cm³/mol. The van der Waals surface area contributed by atoms with E-state index in [1.165, 1.54) is 18.4 Å². The van der Waals surface area contributed by atoms with Crippen molar-refractivity contribution in [1.29, 1.82) is 0 Å². The molecule has 1 saturated heterocycles. The molecule has 2 heterocycles.